The van der Waals surface area contributed by atoms with E-state index in [-0.39, 0.29) is 36.5 Å². The van der Waals surface area contributed by atoms with Crippen LogP contribution in [0.1, 0.15) is 51.5 Å². The molecule has 2 aliphatic rings. The summed E-state index contributed by atoms with van der Waals surface area (Å²) in [5, 5.41) is 2.30. The van der Waals surface area contributed by atoms with Crippen molar-refractivity contribution in [2.24, 2.45) is 5.41 Å². The first-order chi connectivity index (χ1) is 12.6. The fourth-order valence-electron chi connectivity index (χ4n) is 3.33. The molecule has 2 saturated heterocycles. The van der Waals surface area contributed by atoms with Crippen LogP contribution in [-0.2, 0) is 19.2 Å². The van der Waals surface area contributed by atoms with Gasteiger partial charge in [-0.2, -0.15) is 0 Å². The van der Waals surface area contributed by atoms with Crippen molar-refractivity contribution < 1.29 is 23.9 Å². The number of nitrogens with one attached hydrogen (secondary N) is 1. The van der Waals surface area contributed by atoms with Crippen LogP contribution in [0.3, 0.4) is 0 Å². The van der Waals surface area contributed by atoms with Gasteiger partial charge in [0.15, 0.2) is 0 Å². The summed E-state index contributed by atoms with van der Waals surface area (Å²) in [6, 6.07) is 6.57. The van der Waals surface area contributed by atoms with Crippen molar-refractivity contribution in [2.75, 3.05) is 6.54 Å². The number of carbonyl (C=O) groups is 4. The molecule has 27 heavy (non-hydrogen) atoms. The number of esters is 1. The largest absolute Gasteiger partial charge is 0.426 e. The molecule has 2 unspecified atom stereocenters. The number of hydrogen-bond donors (Lipinski definition) is 1. The van der Waals surface area contributed by atoms with Gasteiger partial charge >= 0.3 is 5.97 Å². The molecule has 1 aromatic carbocycles. The van der Waals surface area contributed by atoms with Gasteiger partial charge in [-0.3, -0.25) is 24.5 Å². The quantitative estimate of drug-likeness (QED) is 0.496. The number of ether oxygens (including phenoxy) is 1. The van der Waals surface area contributed by atoms with E-state index >= 15 is 0 Å². The second-order valence-corrected chi connectivity index (χ2v) is 8.13. The Kier molecular flexibility index (Phi) is 5.04. The number of nitrogens with zero attached hydrogens (tertiary/aromatic N) is 1. The van der Waals surface area contributed by atoms with E-state index < -0.39 is 17.4 Å². The number of benzene rings is 1. The predicted molar refractivity (Wildman–Crippen MR) is 96.8 cm³/mol. The number of hydrogen-bond acceptors (Lipinski definition) is 5. The van der Waals surface area contributed by atoms with Gasteiger partial charge in [0.2, 0.25) is 17.7 Å². The van der Waals surface area contributed by atoms with Gasteiger partial charge in [0.1, 0.15) is 11.8 Å². The summed E-state index contributed by atoms with van der Waals surface area (Å²) in [7, 11) is 0. The number of carbonyl (C=O) groups excluding carboxylic acids is 4. The second-order valence-electron chi connectivity index (χ2n) is 8.13. The normalized spacial score (nSPS) is 23.4. The van der Waals surface area contributed by atoms with Crippen molar-refractivity contribution in [3.8, 4) is 5.75 Å². The highest BCUT2D eigenvalue weighted by atomic mass is 16.5. The van der Waals surface area contributed by atoms with Gasteiger partial charge in [-0.1, -0.05) is 12.1 Å². The third-order valence-electron chi connectivity index (χ3n) is 4.90. The third-order valence-corrected chi connectivity index (χ3v) is 4.90. The minimum Gasteiger partial charge on any atom is -0.426 e. The second kappa shape index (κ2) is 7.13. The van der Waals surface area contributed by atoms with Crippen LogP contribution in [0.5, 0.6) is 5.75 Å². The molecule has 1 aromatic rings. The minimum absolute atomic E-state index is 0.0868. The van der Waals surface area contributed by atoms with E-state index in [1.54, 1.807) is 43.9 Å². The maximum Gasteiger partial charge on any atom is 0.316 e. The first kappa shape index (κ1) is 19.1. The van der Waals surface area contributed by atoms with E-state index in [0.29, 0.717) is 18.7 Å². The van der Waals surface area contributed by atoms with Gasteiger partial charge in [0.05, 0.1) is 5.41 Å². The molecular weight excluding hydrogens is 348 g/mol. The molecular formula is C20H24N2O5. The SMILES string of the molecule is CC(C)(C)C(=O)Oc1cccc(C2CC(=O)N(C3CCC(=O)NC3=O)C2)c1. The summed E-state index contributed by atoms with van der Waals surface area (Å²) >= 11 is 0. The Morgan fingerprint density at radius 2 is 1.96 bits per heavy atom. The van der Waals surface area contributed by atoms with Crippen molar-refractivity contribution in [3.63, 3.8) is 0 Å². The van der Waals surface area contributed by atoms with Crippen molar-refractivity contribution in [2.45, 2.75) is 52.0 Å². The highest BCUT2D eigenvalue weighted by Crippen LogP contribution is 2.33. The van der Waals surface area contributed by atoms with Gasteiger partial charge < -0.3 is 9.64 Å². The molecule has 1 N–H and O–H groups in total. The van der Waals surface area contributed by atoms with Crippen LogP contribution in [-0.4, -0.2) is 41.2 Å². The molecule has 7 nitrogen and oxygen atoms in total. The van der Waals surface area contributed by atoms with E-state index in [9.17, 15) is 19.2 Å². The average molecular weight is 372 g/mol. The molecule has 3 rings (SSSR count). The van der Waals surface area contributed by atoms with E-state index in [0.717, 1.165) is 5.56 Å². The summed E-state index contributed by atoms with van der Waals surface area (Å²) in [6.07, 6.45) is 0.879. The first-order valence-electron chi connectivity index (χ1n) is 9.10. The molecule has 144 valence electrons. The van der Waals surface area contributed by atoms with Crippen LogP contribution in [0.25, 0.3) is 0 Å². The molecule has 0 saturated carbocycles. The van der Waals surface area contributed by atoms with Gasteiger partial charge in [-0.05, 0) is 44.9 Å². The Morgan fingerprint density at radius 1 is 1.22 bits per heavy atom. The van der Waals surface area contributed by atoms with Crippen molar-refractivity contribution in [1.82, 2.24) is 10.2 Å². The molecule has 0 bridgehead atoms. The third kappa shape index (κ3) is 4.18. The molecule has 0 spiro atoms. The summed E-state index contributed by atoms with van der Waals surface area (Å²) < 4.78 is 5.44. The van der Waals surface area contributed by atoms with E-state index in [1.165, 1.54) is 0 Å². The van der Waals surface area contributed by atoms with Gasteiger partial charge in [-0.15, -0.1) is 0 Å². The predicted octanol–water partition coefficient (Wildman–Crippen LogP) is 1.76. The Labute approximate surface area is 158 Å². The van der Waals surface area contributed by atoms with Crippen LogP contribution in [0.15, 0.2) is 24.3 Å². The van der Waals surface area contributed by atoms with Gasteiger partial charge in [0.25, 0.3) is 0 Å². The van der Waals surface area contributed by atoms with Crippen LogP contribution in [0, 0.1) is 5.41 Å². The molecule has 0 radical (unpaired) electrons. The minimum atomic E-state index is -0.609. The fourth-order valence-corrected chi connectivity index (χ4v) is 3.33. The zero-order valence-electron chi connectivity index (χ0n) is 15.8. The number of amides is 3. The summed E-state index contributed by atoms with van der Waals surface area (Å²) in [6.45, 7) is 5.76. The van der Waals surface area contributed by atoms with Crippen molar-refractivity contribution in [1.29, 1.82) is 0 Å². The van der Waals surface area contributed by atoms with Crippen LogP contribution < -0.4 is 10.1 Å². The highest BCUT2D eigenvalue weighted by molar-refractivity contribution is 6.02. The number of rotatable bonds is 3. The number of likely N-dealkylation sites (tertiary alicyclic amines) is 1. The molecule has 2 heterocycles. The van der Waals surface area contributed by atoms with E-state index in [1.807, 2.05) is 6.07 Å². The monoisotopic (exact) mass is 372 g/mol. The molecule has 0 aliphatic carbocycles. The Morgan fingerprint density at radius 3 is 2.63 bits per heavy atom. The highest BCUT2D eigenvalue weighted by Gasteiger charge is 2.40. The zero-order valence-corrected chi connectivity index (χ0v) is 15.8. The van der Waals surface area contributed by atoms with Gasteiger partial charge in [-0.25, -0.2) is 0 Å². The Hall–Kier alpha value is -2.70. The molecule has 2 aliphatic heterocycles. The molecule has 2 fully saturated rings. The topological polar surface area (TPSA) is 92.8 Å². The lowest BCUT2D eigenvalue weighted by molar-refractivity contribution is -0.143. The Balaban J connectivity index is 1.72. The first-order valence-corrected chi connectivity index (χ1v) is 9.10. The fraction of sp³-hybridized carbons (Fsp3) is 0.500. The summed E-state index contributed by atoms with van der Waals surface area (Å²) in [4.78, 5) is 49.5. The standard InChI is InChI=1S/C20H24N2O5/c1-20(2,3)19(26)27-14-6-4-5-12(9-14)13-10-17(24)22(11-13)15-7-8-16(23)21-18(15)25/h4-6,9,13,15H,7-8,10-11H2,1-3H3,(H,21,23,25). The Bertz CT molecular complexity index is 796. The number of imide groups is 1. The van der Waals surface area contributed by atoms with E-state index in [2.05, 4.69) is 5.32 Å². The maximum absolute atomic E-state index is 12.5. The van der Waals surface area contributed by atoms with Crippen LogP contribution in [0.4, 0.5) is 0 Å². The zero-order chi connectivity index (χ0) is 19.8. The van der Waals surface area contributed by atoms with Crippen molar-refractivity contribution >= 4 is 23.7 Å². The lowest BCUT2D eigenvalue weighted by Crippen LogP contribution is -2.52. The van der Waals surface area contributed by atoms with Crippen molar-refractivity contribution in [3.05, 3.63) is 29.8 Å². The lowest BCUT2D eigenvalue weighted by Gasteiger charge is -2.29. The average Bonchev–Trinajstić information content (AvgIpc) is 2.96. The molecule has 2 atom stereocenters. The van der Waals surface area contributed by atoms with Gasteiger partial charge in [0, 0.05) is 25.3 Å². The molecule has 3 amide bonds. The maximum atomic E-state index is 12.5. The smallest absolute Gasteiger partial charge is 0.316 e. The lowest BCUT2D eigenvalue weighted by atomic mass is 9.96. The summed E-state index contributed by atoms with van der Waals surface area (Å²) in [5.41, 5.74) is 0.277. The summed E-state index contributed by atoms with van der Waals surface area (Å²) in [5.74, 6) is -0.782. The molecule has 7 heteroatoms. The van der Waals surface area contributed by atoms with Crippen LogP contribution >= 0.6 is 0 Å². The molecule has 0 aromatic heterocycles. The number of piperidine rings is 1. The van der Waals surface area contributed by atoms with E-state index in [4.69, 9.17) is 4.74 Å². The van der Waals surface area contributed by atoms with Crippen LogP contribution in [0.2, 0.25) is 0 Å².